The fourth-order valence-electron chi connectivity index (χ4n) is 1.76. The molecule has 2 aromatic rings. The van der Waals surface area contributed by atoms with E-state index >= 15 is 0 Å². The third kappa shape index (κ3) is 4.58. The zero-order chi connectivity index (χ0) is 15.1. The van der Waals surface area contributed by atoms with E-state index in [1.807, 2.05) is 30.3 Å². The lowest BCUT2D eigenvalue weighted by atomic mass is 10.2. The molecule has 0 aromatic heterocycles. The molecule has 0 radical (unpaired) electrons. The van der Waals surface area contributed by atoms with Crippen LogP contribution in [0.1, 0.15) is 11.1 Å². The highest BCUT2D eigenvalue weighted by atomic mass is 16.6. The number of amides is 1. The molecule has 0 aliphatic rings. The van der Waals surface area contributed by atoms with Crippen LogP contribution in [0.15, 0.2) is 60.7 Å². The number of carbonyl (C=O) groups excluding carboxylic acids is 1. The van der Waals surface area contributed by atoms with Crippen LogP contribution in [0.4, 0.5) is 5.69 Å². The standard InChI is InChI=1S/C16H14N2O3/c19-16(17-12-14-5-2-1-3-6-14)10-9-13-7-4-8-15(11-13)18(20)21/h1-11H,12H2,(H,17,19)/b10-9+. The van der Waals surface area contributed by atoms with Crippen LogP contribution < -0.4 is 5.32 Å². The molecule has 0 bridgehead atoms. The normalized spacial score (nSPS) is 10.5. The number of hydrogen-bond donors (Lipinski definition) is 1. The first-order valence-corrected chi connectivity index (χ1v) is 6.39. The van der Waals surface area contributed by atoms with Gasteiger partial charge in [0.25, 0.3) is 5.69 Å². The van der Waals surface area contributed by atoms with E-state index in [0.29, 0.717) is 12.1 Å². The predicted molar refractivity (Wildman–Crippen MR) is 80.4 cm³/mol. The summed E-state index contributed by atoms with van der Waals surface area (Å²) in [6.45, 7) is 0.443. The van der Waals surface area contributed by atoms with Gasteiger partial charge in [0.05, 0.1) is 4.92 Å². The molecule has 5 nitrogen and oxygen atoms in total. The zero-order valence-electron chi connectivity index (χ0n) is 11.2. The quantitative estimate of drug-likeness (QED) is 0.520. The van der Waals surface area contributed by atoms with E-state index in [1.54, 1.807) is 18.2 Å². The molecular weight excluding hydrogens is 268 g/mol. The Balaban J connectivity index is 1.93. The van der Waals surface area contributed by atoms with Crippen molar-refractivity contribution in [3.63, 3.8) is 0 Å². The summed E-state index contributed by atoms with van der Waals surface area (Å²) in [4.78, 5) is 21.9. The Morgan fingerprint density at radius 2 is 1.90 bits per heavy atom. The molecule has 1 amide bonds. The Morgan fingerprint density at radius 1 is 1.14 bits per heavy atom. The molecular formula is C16H14N2O3. The van der Waals surface area contributed by atoms with E-state index in [0.717, 1.165) is 5.56 Å². The van der Waals surface area contributed by atoms with Crippen LogP contribution in [0, 0.1) is 10.1 Å². The Labute approximate surface area is 122 Å². The van der Waals surface area contributed by atoms with Gasteiger partial charge in [0, 0.05) is 24.8 Å². The average molecular weight is 282 g/mol. The lowest BCUT2D eigenvalue weighted by molar-refractivity contribution is -0.384. The number of nitrogens with one attached hydrogen (secondary N) is 1. The van der Waals surface area contributed by atoms with Crippen LogP contribution in [0.25, 0.3) is 6.08 Å². The summed E-state index contributed by atoms with van der Waals surface area (Å²) in [5.41, 5.74) is 1.62. The van der Waals surface area contributed by atoms with Gasteiger partial charge in [0.2, 0.25) is 5.91 Å². The molecule has 0 saturated carbocycles. The van der Waals surface area contributed by atoms with E-state index in [4.69, 9.17) is 0 Å². The first-order chi connectivity index (χ1) is 10.1. The monoisotopic (exact) mass is 282 g/mol. The molecule has 106 valence electrons. The van der Waals surface area contributed by atoms with Gasteiger partial charge in [-0.05, 0) is 17.2 Å². The SMILES string of the molecule is O=C(/C=C/c1cccc([N+](=O)[O-])c1)NCc1ccccc1. The number of nitro benzene ring substituents is 1. The molecule has 0 fully saturated rings. The van der Waals surface area contributed by atoms with Gasteiger partial charge in [0.1, 0.15) is 0 Å². The molecule has 1 N–H and O–H groups in total. The maximum Gasteiger partial charge on any atom is 0.270 e. The molecule has 0 atom stereocenters. The topological polar surface area (TPSA) is 72.2 Å². The third-order valence-electron chi connectivity index (χ3n) is 2.82. The van der Waals surface area contributed by atoms with Crippen LogP contribution in [-0.4, -0.2) is 10.8 Å². The molecule has 0 unspecified atom stereocenters. The molecule has 0 spiro atoms. The van der Waals surface area contributed by atoms with E-state index in [9.17, 15) is 14.9 Å². The number of carbonyl (C=O) groups is 1. The molecule has 0 aliphatic carbocycles. The fraction of sp³-hybridized carbons (Fsp3) is 0.0625. The van der Waals surface area contributed by atoms with Gasteiger partial charge in [-0.2, -0.15) is 0 Å². The zero-order valence-corrected chi connectivity index (χ0v) is 11.2. The number of non-ortho nitro benzene ring substituents is 1. The first-order valence-electron chi connectivity index (χ1n) is 6.39. The van der Waals surface area contributed by atoms with Gasteiger partial charge in [-0.15, -0.1) is 0 Å². The Kier molecular flexibility index (Phi) is 4.82. The van der Waals surface area contributed by atoms with Crippen molar-refractivity contribution in [1.29, 1.82) is 0 Å². The first kappa shape index (κ1) is 14.5. The second kappa shape index (κ2) is 7.00. The lowest BCUT2D eigenvalue weighted by Gasteiger charge is -2.01. The summed E-state index contributed by atoms with van der Waals surface area (Å²) in [6, 6.07) is 15.7. The summed E-state index contributed by atoms with van der Waals surface area (Å²) < 4.78 is 0. The number of nitrogens with zero attached hydrogens (tertiary/aromatic N) is 1. The lowest BCUT2D eigenvalue weighted by Crippen LogP contribution is -2.20. The largest absolute Gasteiger partial charge is 0.348 e. The summed E-state index contributed by atoms with van der Waals surface area (Å²) in [6.07, 6.45) is 2.91. The Morgan fingerprint density at radius 3 is 2.62 bits per heavy atom. The highest BCUT2D eigenvalue weighted by Gasteiger charge is 2.04. The van der Waals surface area contributed by atoms with Crippen molar-refractivity contribution in [1.82, 2.24) is 5.32 Å². The Bertz CT molecular complexity index is 666. The highest BCUT2D eigenvalue weighted by Crippen LogP contribution is 2.13. The van der Waals surface area contributed by atoms with Crippen LogP contribution in [-0.2, 0) is 11.3 Å². The maximum absolute atomic E-state index is 11.7. The smallest absolute Gasteiger partial charge is 0.270 e. The number of benzene rings is 2. The number of nitro groups is 1. The minimum atomic E-state index is -0.465. The fourth-order valence-corrected chi connectivity index (χ4v) is 1.76. The molecule has 21 heavy (non-hydrogen) atoms. The van der Waals surface area contributed by atoms with Crippen LogP contribution in [0.5, 0.6) is 0 Å². The van der Waals surface area contributed by atoms with Crippen LogP contribution >= 0.6 is 0 Å². The van der Waals surface area contributed by atoms with E-state index in [-0.39, 0.29) is 11.6 Å². The summed E-state index contributed by atoms with van der Waals surface area (Å²) in [5.74, 6) is -0.245. The van der Waals surface area contributed by atoms with Gasteiger partial charge in [-0.1, -0.05) is 42.5 Å². The minimum Gasteiger partial charge on any atom is -0.348 e. The predicted octanol–water partition coefficient (Wildman–Crippen LogP) is 2.92. The second-order valence-corrected chi connectivity index (χ2v) is 4.39. The Hall–Kier alpha value is -2.95. The minimum absolute atomic E-state index is 0.00171. The van der Waals surface area contributed by atoms with E-state index in [2.05, 4.69) is 5.32 Å². The summed E-state index contributed by atoms with van der Waals surface area (Å²) in [7, 11) is 0. The summed E-state index contributed by atoms with van der Waals surface area (Å²) in [5, 5.41) is 13.4. The van der Waals surface area contributed by atoms with Gasteiger partial charge in [-0.25, -0.2) is 0 Å². The molecule has 0 saturated heterocycles. The van der Waals surface area contributed by atoms with Crippen LogP contribution in [0.3, 0.4) is 0 Å². The molecule has 0 heterocycles. The van der Waals surface area contributed by atoms with Gasteiger partial charge in [0.15, 0.2) is 0 Å². The highest BCUT2D eigenvalue weighted by molar-refractivity contribution is 5.91. The number of hydrogen-bond acceptors (Lipinski definition) is 3. The van der Waals surface area contributed by atoms with Crippen molar-refractivity contribution in [3.8, 4) is 0 Å². The average Bonchev–Trinajstić information content (AvgIpc) is 2.52. The van der Waals surface area contributed by atoms with Crippen molar-refractivity contribution in [3.05, 3.63) is 81.9 Å². The van der Waals surface area contributed by atoms with Crippen molar-refractivity contribution in [2.24, 2.45) is 0 Å². The van der Waals surface area contributed by atoms with Crippen molar-refractivity contribution >= 4 is 17.7 Å². The maximum atomic E-state index is 11.7. The van der Waals surface area contributed by atoms with Crippen LogP contribution in [0.2, 0.25) is 0 Å². The number of rotatable bonds is 5. The second-order valence-electron chi connectivity index (χ2n) is 4.39. The van der Waals surface area contributed by atoms with E-state index in [1.165, 1.54) is 18.2 Å². The van der Waals surface area contributed by atoms with Crippen molar-refractivity contribution in [2.75, 3.05) is 0 Å². The van der Waals surface area contributed by atoms with E-state index < -0.39 is 4.92 Å². The van der Waals surface area contributed by atoms with Gasteiger partial charge >= 0.3 is 0 Å². The molecule has 2 rings (SSSR count). The van der Waals surface area contributed by atoms with Gasteiger partial charge in [-0.3, -0.25) is 14.9 Å². The third-order valence-corrected chi connectivity index (χ3v) is 2.82. The van der Waals surface area contributed by atoms with Gasteiger partial charge < -0.3 is 5.32 Å². The van der Waals surface area contributed by atoms with Crippen molar-refractivity contribution in [2.45, 2.75) is 6.54 Å². The van der Waals surface area contributed by atoms with Crippen molar-refractivity contribution < 1.29 is 9.72 Å². The molecule has 0 aliphatic heterocycles. The molecule has 5 heteroatoms. The summed E-state index contributed by atoms with van der Waals surface area (Å²) >= 11 is 0. The molecule has 2 aromatic carbocycles.